The third-order valence-electron chi connectivity index (χ3n) is 2.45. The highest BCUT2D eigenvalue weighted by atomic mass is 32.2. The smallest absolute Gasteiger partial charge is 0.212 e. The highest BCUT2D eigenvalue weighted by Gasteiger charge is 2.17. The summed E-state index contributed by atoms with van der Waals surface area (Å²) >= 11 is 0. The van der Waals surface area contributed by atoms with Gasteiger partial charge in [0.05, 0.1) is 17.4 Å². The van der Waals surface area contributed by atoms with Crippen LogP contribution in [-0.4, -0.2) is 26.3 Å². The number of rotatable bonds is 5. The summed E-state index contributed by atoms with van der Waals surface area (Å²) in [6.07, 6.45) is 0.795. The molecule has 0 aliphatic carbocycles. The Bertz CT molecular complexity index is 500. The van der Waals surface area contributed by atoms with E-state index >= 15 is 0 Å². The van der Waals surface area contributed by atoms with Gasteiger partial charge >= 0.3 is 0 Å². The topological polar surface area (TPSA) is 61.2 Å². The van der Waals surface area contributed by atoms with E-state index in [1.807, 2.05) is 13.0 Å². The molecule has 0 heterocycles. The lowest BCUT2D eigenvalue weighted by Gasteiger charge is -2.16. The lowest BCUT2D eigenvalue weighted by atomic mass is 10.2. The molecule has 4 nitrogen and oxygen atoms in total. The van der Waals surface area contributed by atoms with E-state index in [1.165, 1.54) is 4.31 Å². The van der Waals surface area contributed by atoms with Gasteiger partial charge in [-0.1, -0.05) is 19.1 Å². The van der Waals surface area contributed by atoms with Crippen LogP contribution < -0.4 is 0 Å². The number of benzene rings is 1. The largest absolute Gasteiger partial charge is 0.218 e. The number of hydrogen-bond donors (Lipinski definition) is 0. The van der Waals surface area contributed by atoms with Crippen molar-refractivity contribution in [3.63, 3.8) is 0 Å². The van der Waals surface area contributed by atoms with Crippen molar-refractivity contribution in [1.29, 1.82) is 5.26 Å². The minimum absolute atomic E-state index is 0.0186. The lowest BCUT2D eigenvalue weighted by Crippen LogP contribution is -2.28. The van der Waals surface area contributed by atoms with E-state index in [0.29, 0.717) is 17.7 Å². The third-order valence-corrected chi connectivity index (χ3v) is 4.28. The average molecular weight is 252 g/mol. The van der Waals surface area contributed by atoms with Crippen LogP contribution in [0.2, 0.25) is 0 Å². The third kappa shape index (κ3) is 3.84. The zero-order valence-corrected chi connectivity index (χ0v) is 10.9. The zero-order valence-electron chi connectivity index (χ0n) is 10.0. The molecule has 1 aromatic carbocycles. The Morgan fingerprint density at radius 2 is 1.88 bits per heavy atom. The Balaban J connectivity index is 2.80. The average Bonchev–Trinajstić information content (AvgIpc) is 2.30. The van der Waals surface area contributed by atoms with E-state index in [1.54, 1.807) is 31.3 Å². The van der Waals surface area contributed by atoms with Gasteiger partial charge in [0.15, 0.2) is 0 Å². The van der Waals surface area contributed by atoms with E-state index in [2.05, 4.69) is 0 Å². The SMILES string of the molecule is CCCN(C)S(=O)(=O)Cc1ccc(C#N)cc1. The van der Waals surface area contributed by atoms with Crippen molar-refractivity contribution < 1.29 is 8.42 Å². The molecular weight excluding hydrogens is 236 g/mol. The van der Waals surface area contributed by atoms with Gasteiger partial charge in [-0.2, -0.15) is 5.26 Å². The summed E-state index contributed by atoms with van der Waals surface area (Å²) in [6, 6.07) is 8.61. The van der Waals surface area contributed by atoms with Crippen LogP contribution in [0.25, 0.3) is 0 Å². The second kappa shape index (κ2) is 5.80. The highest BCUT2D eigenvalue weighted by molar-refractivity contribution is 7.88. The molecule has 0 saturated heterocycles. The number of sulfonamides is 1. The Hall–Kier alpha value is -1.38. The summed E-state index contributed by atoms with van der Waals surface area (Å²) in [6.45, 7) is 2.46. The van der Waals surface area contributed by atoms with Gasteiger partial charge in [-0.15, -0.1) is 0 Å². The molecule has 0 atom stereocenters. The van der Waals surface area contributed by atoms with E-state index < -0.39 is 10.0 Å². The van der Waals surface area contributed by atoms with Crippen LogP contribution in [0.3, 0.4) is 0 Å². The van der Waals surface area contributed by atoms with Gasteiger partial charge < -0.3 is 0 Å². The maximum Gasteiger partial charge on any atom is 0.218 e. The van der Waals surface area contributed by atoms with Gasteiger partial charge in [0.2, 0.25) is 10.0 Å². The van der Waals surface area contributed by atoms with Crippen molar-refractivity contribution in [2.45, 2.75) is 19.1 Å². The first kappa shape index (κ1) is 13.7. The fourth-order valence-corrected chi connectivity index (χ4v) is 2.75. The van der Waals surface area contributed by atoms with Gasteiger partial charge in [-0.05, 0) is 24.1 Å². The molecule has 0 unspecified atom stereocenters. The van der Waals surface area contributed by atoms with Crippen molar-refractivity contribution in [3.8, 4) is 6.07 Å². The molecule has 0 bridgehead atoms. The van der Waals surface area contributed by atoms with E-state index in [9.17, 15) is 8.42 Å². The van der Waals surface area contributed by atoms with Crippen molar-refractivity contribution in [1.82, 2.24) is 4.31 Å². The molecule has 0 fully saturated rings. The summed E-state index contributed by atoms with van der Waals surface area (Å²) in [5.41, 5.74) is 1.24. The summed E-state index contributed by atoms with van der Waals surface area (Å²) in [5.74, 6) is -0.0186. The minimum atomic E-state index is -3.24. The van der Waals surface area contributed by atoms with E-state index in [4.69, 9.17) is 5.26 Å². The first-order chi connectivity index (χ1) is 7.99. The maximum atomic E-state index is 11.9. The van der Waals surface area contributed by atoms with Crippen molar-refractivity contribution >= 4 is 10.0 Å². The molecule has 0 aromatic heterocycles. The van der Waals surface area contributed by atoms with Gasteiger partial charge in [0.25, 0.3) is 0 Å². The molecule has 0 amide bonds. The molecule has 17 heavy (non-hydrogen) atoms. The molecule has 0 aliphatic heterocycles. The predicted molar refractivity (Wildman–Crippen MR) is 66.7 cm³/mol. The molecule has 0 saturated carbocycles. The number of nitriles is 1. The number of nitrogens with zero attached hydrogens (tertiary/aromatic N) is 2. The van der Waals surface area contributed by atoms with E-state index in [-0.39, 0.29) is 5.75 Å². The molecule has 0 aliphatic rings. The standard InChI is InChI=1S/C12H16N2O2S/c1-3-8-14(2)17(15,16)10-12-6-4-11(9-13)5-7-12/h4-7H,3,8,10H2,1-2H3. The van der Waals surface area contributed by atoms with Crippen LogP contribution in [0.1, 0.15) is 24.5 Å². The normalized spacial score (nSPS) is 11.4. The fourth-order valence-electron chi connectivity index (χ4n) is 1.45. The molecule has 5 heteroatoms. The van der Waals surface area contributed by atoms with Crippen molar-refractivity contribution in [2.75, 3.05) is 13.6 Å². The van der Waals surface area contributed by atoms with Crippen LogP contribution in [0.5, 0.6) is 0 Å². The van der Waals surface area contributed by atoms with Crippen LogP contribution in [0, 0.1) is 11.3 Å². The zero-order chi connectivity index (χ0) is 12.9. The monoisotopic (exact) mass is 252 g/mol. The summed E-state index contributed by atoms with van der Waals surface area (Å²) < 4.78 is 25.2. The summed E-state index contributed by atoms with van der Waals surface area (Å²) in [7, 11) is -1.66. The fraction of sp³-hybridized carbons (Fsp3) is 0.417. The Morgan fingerprint density at radius 1 is 1.29 bits per heavy atom. The lowest BCUT2D eigenvalue weighted by molar-refractivity contribution is 0.467. The first-order valence-electron chi connectivity index (χ1n) is 5.42. The molecule has 0 N–H and O–H groups in total. The summed E-state index contributed by atoms with van der Waals surface area (Å²) in [5, 5.41) is 8.64. The van der Waals surface area contributed by atoms with Crippen molar-refractivity contribution in [2.24, 2.45) is 0 Å². The van der Waals surface area contributed by atoms with Crippen LogP contribution >= 0.6 is 0 Å². The van der Waals surface area contributed by atoms with Gasteiger partial charge in [-0.3, -0.25) is 0 Å². The molecule has 92 valence electrons. The van der Waals surface area contributed by atoms with Crippen LogP contribution in [0.4, 0.5) is 0 Å². The molecule has 0 spiro atoms. The van der Waals surface area contributed by atoms with Gasteiger partial charge in [-0.25, -0.2) is 12.7 Å². The van der Waals surface area contributed by atoms with Gasteiger partial charge in [0.1, 0.15) is 0 Å². The second-order valence-corrected chi connectivity index (χ2v) is 5.96. The Morgan fingerprint density at radius 3 is 2.35 bits per heavy atom. The quantitative estimate of drug-likeness (QED) is 0.801. The van der Waals surface area contributed by atoms with E-state index in [0.717, 1.165) is 6.42 Å². The molecule has 1 rings (SSSR count). The second-order valence-electron chi connectivity index (χ2n) is 3.89. The highest BCUT2D eigenvalue weighted by Crippen LogP contribution is 2.11. The first-order valence-corrected chi connectivity index (χ1v) is 7.03. The maximum absolute atomic E-state index is 11.9. The predicted octanol–water partition coefficient (Wildman–Crippen LogP) is 1.73. The molecule has 0 radical (unpaired) electrons. The Labute approximate surface area is 103 Å². The summed E-state index contributed by atoms with van der Waals surface area (Å²) in [4.78, 5) is 0. The van der Waals surface area contributed by atoms with Gasteiger partial charge in [0, 0.05) is 13.6 Å². The Kier molecular flexibility index (Phi) is 4.67. The number of hydrogen-bond acceptors (Lipinski definition) is 3. The minimum Gasteiger partial charge on any atom is -0.212 e. The van der Waals surface area contributed by atoms with Crippen LogP contribution in [0.15, 0.2) is 24.3 Å². The van der Waals surface area contributed by atoms with Crippen molar-refractivity contribution in [3.05, 3.63) is 35.4 Å². The molecular formula is C12H16N2O2S. The molecule has 1 aromatic rings. The van der Waals surface area contributed by atoms with Crippen LogP contribution in [-0.2, 0) is 15.8 Å².